The minimum atomic E-state index is -0.170. The average Bonchev–Trinajstić information content (AvgIpc) is 2.42. The van der Waals surface area contributed by atoms with Crippen LogP contribution in [-0.2, 0) is 13.1 Å². The van der Waals surface area contributed by atoms with Crippen LogP contribution in [0.4, 0.5) is 4.39 Å². The van der Waals surface area contributed by atoms with E-state index in [-0.39, 0.29) is 29.8 Å². The highest BCUT2D eigenvalue weighted by Crippen LogP contribution is 2.12. The Balaban J connectivity index is 0.00000400. The van der Waals surface area contributed by atoms with Crippen LogP contribution in [0.15, 0.2) is 35.8 Å². The summed E-state index contributed by atoms with van der Waals surface area (Å²) >= 11 is 0. The first-order valence-corrected chi connectivity index (χ1v) is 6.54. The lowest BCUT2D eigenvalue weighted by Crippen LogP contribution is -2.36. The summed E-state index contributed by atoms with van der Waals surface area (Å²) in [6, 6.07) is 5.17. The van der Waals surface area contributed by atoms with E-state index in [1.165, 1.54) is 6.07 Å². The van der Waals surface area contributed by atoms with Gasteiger partial charge in [-0.15, -0.1) is 30.6 Å². The maximum atomic E-state index is 13.7. The maximum absolute atomic E-state index is 13.7. The van der Waals surface area contributed by atoms with E-state index in [2.05, 4.69) is 22.2 Å². The summed E-state index contributed by atoms with van der Waals surface area (Å²) in [6.07, 6.45) is 1.76. The van der Waals surface area contributed by atoms with Crippen molar-refractivity contribution in [3.05, 3.63) is 47.8 Å². The van der Waals surface area contributed by atoms with Crippen LogP contribution in [0.5, 0.6) is 0 Å². The minimum absolute atomic E-state index is 0. The van der Waals surface area contributed by atoms with Gasteiger partial charge in [-0.2, -0.15) is 0 Å². The Morgan fingerprint density at radius 2 is 2.10 bits per heavy atom. The lowest BCUT2D eigenvalue weighted by molar-refractivity contribution is 0.392. The highest BCUT2D eigenvalue weighted by molar-refractivity contribution is 14.0. The van der Waals surface area contributed by atoms with E-state index in [1.807, 2.05) is 25.1 Å². The fourth-order valence-electron chi connectivity index (χ4n) is 1.78. The van der Waals surface area contributed by atoms with E-state index in [1.54, 1.807) is 19.2 Å². The molecule has 0 aliphatic heterocycles. The van der Waals surface area contributed by atoms with Crippen molar-refractivity contribution in [1.29, 1.82) is 0 Å². The van der Waals surface area contributed by atoms with Gasteiger partial charge in [0.2, 0.25) is 0 Å². The molecule has 1 rings (SSSR count). The van der Waals surface area contributed by atoms with Crippen molar-refractivity contribution in [2.75, 3.05) is 27.7 Å². The van der Waals surface area contributed by atoms with Crippen molar-refractivity contribution in [1.82, 2.24) is 15.5 Å². The number of hydrogen-bond donors (Lipinski definition) is 2. The van der Waals surface area contributed by atoms with Crippen molar-refractivity contribution < 1.29 is 4.39 Å². The number of halogens is 2. The third-order valence-corrected chi connectivity index (χ3v) is 2.69. The normalized spacial score (nSPS) is 11.0. The molecule has 0 amide bonds. The zero-order valence-corrected chi connectivity index (χ0v) is 15.1. The van der Waals surface area contributed by atoms with Crippen LogP contribution >= 0.6 is 24.0 Å². The van der Waals surface area contributed by atoms with Gasteiger partial charge in [0.1, 0.15) is 5.82 Å². The molecule has 0 saturated carbocycles. The molecule has 2 N–H and O–H groups in total. The van der Waals surface area contributed by atoms with Crippen LogP contribution in [0.25, 0.3) is 0 Å². The third kappa shape index (κ3) is 7.42. The summed E-state index contributed by atoms with van der Waals surface area (Å²) in [5.41, 5.74) is 1.72. The number of guanidine groups is 1. The molecule has 4 nitrogen and oxygen atoms in total. The fraction of sp³-hybridized carbons (Fsp3) is 0.400. The maximum Gasteiger partial charge on any atom is 0.191 e. The average molecular weight is 406 g/mol. The number of hydrogen-bond acceptors (Lipinski definition) is 2. The molecule has 0 aliphatic carbocycles. The Morgan fingerprint density at radius 3 is 2.67 bits per heavy atom. The first kappa shape index (κ1) is 19.9. The second-order valence-electron chi connectivity index (χ2n) is 4.76. The Labute approximate surface area is 143 Å². The van der Waals surface area contributed by atoms with Crippen LogP contribution in [0.2, 0.25) is 0 Å². The van der Waals surface area contributed by atoms with Gasteiger partial charge in [-0.25, -0.2) is 4.39 Å². The lowest BCUT2D eigenvalue weighted by atomic mass is 10.1. The third-order valence-electron chi connectivity index (χ3n) is 2.69. The smallest absolute Gasteiger partial charge is 0.191 e. The summed E-state index contributed by atoms with van der Waals surface area (Å²) in [7, 11) is 5.55. The van der Waals surface area contributed by atoms with Crippen molar-refractivity contribution >= 4 is 29.9 Å². The van der Waals surface area contributed by atoms with Gasteiger partial charge >= 0.3 is 0 Å². The van der Waals surface area contributed by atoms with E-state index >= 15 is 0 Å². The number of nitrogens with one attached hydrogen (secondary N) is 2. The van der Waals surface area contributed by atoms with Crippen molar-refractivity contribution in [2.24, 2.45) is 4.99 Å². The molecule has 6 heteroatoms. The quantitative estimate of drug-likeness (QED) is 0.330. The topological polar surface area (TPSA) is 39.7 Å². The first-order chi connectivity index (χ1) is 9.56. The van der Waals surface area contributed by atoms with E-state index in [4.69, 9.17) is 0 Å². The lowest BCUT2D eigenvalue weighted by Gasteiger charge is -2.14. The van der Waals surface area contributed by atoms with Crippen molar-refractivity contribution in [2.45, 2.75) is 13.1 Å². The molecule has 1 aromatic carbocycles. The number of rotatable bonds is 6. The molecule has 0 unspecified atom stereocenters. The van der Waals surface area contributed by atoms with Gasteiger partial charge in [0.05, 0.1) is 0 Å². The Bertz CT molecular complexity index is 475. The summed E-state index contributed by atoms with van der Waals surface area (Å²) < 4.78 is 13.7. The predicted molar refractivity (Wildman–Crippen MR) is 97.6 cm³/mol. The second kappa shape index (κ2) is 10.6. The number of benzene rings is 1. The van der Waals surface area contributed by atoms with Gasteiger partial charge in [0.25, 0.3) is 0 Å². The predicted octanol–water partition coefficient (Wildman–Crippen LogP) is 2.36. The SMILES string of the molecule is C=CCNC(=NC)NCc1ccc(F)c(CN(C)C)c1.I. The molecule has 0 atom stereocenters. The van der Waals surface area contributed by atoms with Crippen LogP contribution in [0, 0.1) is 5.82 Å². The van der Waals surface area contributed by atoms with E-state index in [0.29, 0.717) is 31.2 Å². The first-order valence-electron chi connectivity index (χ1n) is 6.54. The largest absolute Gasteiger partial charge is 0.353 e. The van der Waals surface area contributed by atoms with Gasteiger partial charge in [-0.1, -0.05) is 12.1 Å². The molecule has 0 fully saturated rings. The standard InChI is InChI=1S/C15H23FN4.HI/c1-5-8-18-15(17-2)19-10-12-6-7-14(16)13(9-12)11-20(3)4;/h5-7,9H,1,8,10-11H2,2-4H3,(H2,17,18,19);1H. The molecular formula is C15H24FIN4. The zero-order chi connectivity index (χ0) is 15.0. The number of nitrogens with zero attached hydrogens (tertiary/aromatic N) is 2. The molecule has 0 saturated heterocycles. The molecule has 0 bridgehead atoms. The summed E-state index contributed by atoms with van der Waals surface area (Å²) in [5.74, 6) is 0.528. The number of aliphatic imine (C=N–C) groups is 1. The molecule has 0 heterocycles. The molecule has 0 radical (unpaired) electrons. The molecule has 0 aliphatic rings. The van der Waals surface area contributed by atoms with E-state index in [0.717, 1.165) is 5.56 Å². The molecule has 21 heavy (non-hydrogen) atoms. The van der Waals surface area contributed by atoms with Crippen molar-refractivity contribution in [3.63, 3.8) is 0 Å². The van der Waals surface area contributed by atoms with Gasteiger partial charge in [-0.05, 0) is 31.8 Å². The van der Waals surface area contributed by atoms with Crippen molar-refractivity contribution in [3.8, 4) is 0 Å². The minimum Gasteiger partial charge on any atom is -0.353 e. The van der Waals surface area contributed by atoms with Crippen LogP contribution in [-0.4, -0.2) is 38.5 Å². The second-order valence-corrected chi connectivity index (χ2v) is 4.76. The zero-order valence-electron chi connectivity index (χ0n) is 12.8. The molecule has 1 aromatic rings. The van der Waals surface area contributed by atoms with E-state index in [9.17, 15) is 4.39 Å². The fourth-order valence-corrected chi connectivity index (χ4v) is 1.78. The van der Waals surface area contributed by atoms with Gasteiger partial charge in [0, 0.05) is 32.2 Å². The Kier molecular flexibility index (Phi) is 9.98. The highest BCUT2D eigenvalue weighted by Gasteiger charge is 2.05. The van der Waals surface area contributed by atoms with Crippen LogP contribution in [0.1, 0.15) is 11.1 Å². The Hall–Kier alpha value is -1.15. The van der Waals surface area contributed by atoms with Crippen LogP contribution < -0.4 is 10.6 Å². The molecule has 0 spiro atoms. The highest BCUT2D eigenvalue weighted by atomic mass is 127. The summed E-state index contributed by atoms with van der Waals surface area (Å²) in [5, 5.41) is 6.26. The van der Waals surface area contributed by atoms with Gasteiger partial charge in [-0.3, -0.25) is 4.99 Å². The van der Waals surface area contributed by atoms with Gasteiger partial charge < -0.3 is 15.5 Å². The van der Waals surface area contributed by atoms with Crippen LogP contribution in [0.3, 0.4) is 0 Å². The molecule has 118 valence electrons. The van der Waals surface area contributed by atoms with Gasteiger partial charge in [0.15, 0.2) is 5.96 Å². The summed E-state index contributed by atoms with van der Waals surface area (Å²) in [6.45, 7) is 5.47. The Morgan fingerprint density at radius 1 is 1.38 bits per heavy atom. The molecule has 0 aromatic heterocycles. The summed E-state index contributed by atoms with van der Waals surface area (Å²) in [4.78, 5) is 6.04. The van der Waals surface area contributed by atoms with E-state index < -0.39 is 0 Å². The monoisotopic (exact) mass is 406 g/mol. The molecular weight excluding hydrogens is 382 g/mol.